The van der Waals surface area contributed by atoms with Crippen molar-refractivity contribution in [2.75, 3.05) is 18.0 Å². The topological polar surface area (TPSA) is 15.3 Å². The van der Waals surface area contributed by atoms with Crippen LogP contribution in [-0.4, -0.2) is 18.6 Å². The lowest BCUT2D eigenvalue weighted by Crippen LogP contribution is -2.35. The number of benzene rings is 1. The van der Waals surface area contributed by atoms with Crippen LogP contribution >= 0.6 is 0 Å². The van der Waals surface area contributed by atoms with E-state index in [0.717, 1.165) is 12.5 Å². The fourth-order valence-corrected chi connectivity index (χ4v) is 2.48. The molecule has 1 heterocycles. The number of hydrogen-bond donors (Lipinski definition) is 1. The van der Waals surface area contributed by atoms with Crippen LogP contribution in [0.25, 0.3) is 0 Å². The zero-order valence-corrected chi connectivity index (χ0v) is 12.2. The van der Waals surface area contributed by atoms with Crippen LogP contribution in [0.1, 0.15) is 39.7 Å². The highest BCUT2D eigenvalue weighted by atomic mass is 15.2. The van der Waals surface area contributed by atoms with Gasteiger partial charge >= 0.3 is 0 Å². The van der Waals surface area contributed by atoms with Crippen molar-refractivity contribution in [3.05, 3.63) is 29.8 Å². The minimum atomic E-state index is 0.172. The molecule has 18 heavy (non-hydrogen) atoms. The molecule has 2 heteroatoms. The Labute approximate surface area is 111 Å². The molecule has 1 N–H and O–H groups in total. The van der Waals surface area contributed by atoms with Gasteiger partial charge in [-0.2, -0.15) is 0 Å². The minimum Gasteiger partial charge on any atom is -0.371 e. The summed E-state index contributed by atoms with van der Waals surface area (Å²) < 4.78 is 0. The third kappa shape index (κ3) is 3.49. The lowest BCUT2D eigenvalue weighted by Gasteiger charge is -2.25. The van der Waals surface area contributed by atoms with E-state index in [1.54, 1.807) is 0 Å². The van der Waals surface area contributed by atoms with Crippen molar-refractivity contribution < 1.29 is 0 Å². The van der Waals surface area contributed by atoms with Gasteiger partial charge in [-0.25, -0.2) is 0 Å². The van der Waals surface area contributed by atoms with Crippen LogP contribution in [0, 0.1) is 5.92 Å². The smallest absolute Gasteiger partial charge is 0.0411 e. The van der Waals surface area contributed by atoms with Crippen molar-refractivity contribution in [3.8, 4) is 0 Å². The Bertz CT molecular complexity index is 392. The number of anilines is 1. The standard InChI is InChI=1S/C16H26N2/c1-13-9-10-18(12-13)15-8-6-5-7-14(15)11-17-16(2,3)4/h5-8,13,17H,9-12H2,1-4H3. The molecule has 0 radical (unpaired) electrons. The third-order valence-corrected chi connectivity index (χ3v) is 3.57. The highest BCUT2D eigenvalue weighted by Gasteiger charge is 2.21. The number of rotatable bonds is 3. The predicted octanol–water partition coefficient (Wildman–Crippen LogP) is 3.42. The van der Waals surface area contributed by atoms with Crippen LogP contribution in [0.4, 0.5) is 5.69 Å². The second kappa shape index (κ2) is 5.31. The van der Waals surface area contributed by atoms with E-state index >= 15 is 0 Å². The summed E-state index contributed by atoms with van der Waals surface area (Å²) in [5.41, 5.74) is 3.01. The Kier molecular flexibility index (Phi) is 3.96. The fourth-order valence-electron chi connectivity index (χ4n) is 2.48. The van der Waals surface area contributed by atoms with Gasteiger partial charge in [-0.15, -0.1) is 0 Å². The second-order valence-corrected chi connectivity index (χ2v) is 6.57. The molecule has 0 saturated carbocycles. The Morgan fingerprint density at radius 3 is 2.61 bits per heavy atom. The van der Waals surface area contributed by atoms with Crippen molar-refractivity contribution >= 4 is 5.69 Å². The van der Waals surface area contributed by atoms with Crippen molar-refractivity contribution in [1.82, 2.24) is 5.32 Å². The number of hydrogen-bond acceptors (Lipinski definition) is 2. The van der Waals surface area contributed by atoms with Gasteiger partial charge in [0.1, 0.15) is 0 Å². The molecule has 0 bridgehead atoms. The largest absolute Gasteiger partial charge is 0.371 e. The average molecular weight is 246 g/mol. The molecule has 2 nitrogen and oxygen atoms in total. The van der Waals surface area contributed by atoms with Crippen molar-refractivity contribution in [2.24, 2.45) is 5.92 Å². The summed E-state index contributed by atoms with van der Waals surface area (Å²) in [5.74, 6) is 0.827. The molecule has 100 valence electrons. The molecular formula is C16H26N2. The monoisotopic (exact) mass is 246 g/mol. The minimum absolute atomic E-state index is 0.172. The Balaban J connectivity index is 2.10. The third-order valence-electron chi connectivity index (χ3n) is 3.57. The van der Waals surface area contributed by atoms with Gasteiger partial charge in [-0.05, 0) is 44.7 Å². The Morgan fingerprint density at radius 2 is 2.00 bits per heavy atom. The van der Waals surface area contributed by atoms with Crippen molar-refractivity contribution in [2.45, 2.75) is 46.2 Å². The molecular weight excluding hydrogens is 220 g/mol. The average Bonchev–Trinajstić information content (AvgIpc) is 2.72. The van der Waals surface area contributed by atoms with E-state index in [4.69, 9.17) is 0 Å². The van der Waals surface area contributed by atoms with E-state index in [1.807, 2.05) is 0 Å². The molecule has 0 aliphatic carbocycles. The molecule has 1 aromatic rings. The SMILES string of the molecule is CC1CCN(c2ccccc2CNC(C)(C)C)C1. The van der Waals surface area contributed by atoms with Gasteiger partial charge in [0.2, 0.25) is 0 Å². The molecule has 0 amide bonds. The quantitative estimate of drug-likeness (QED) is 0.879. The Morgan fingerprint density at radius 1 is 1.28 bits per heavy atom. The van der Waals surface area contributed by atoms with E-state index in [0.29, 0.717) is 0 Å². The summed E-state index contributed by atoms with van der Waals surface area (Å²) in [5, 5.41) is 3.59. The lowest BCUT2D eigenvalue weighted by atomic mass is 10.1. The zero-order chi connectivity index (χ0) is 13.2. The van der Waals surface area contributed by atoms with E-state index in [2.05, 4.69) is 62.2 Å². The van der Waals surface area contributed by atoms with Crippen LogP contribution in [-0.2, 0) is 6.54 Å². The summed E-state index contributed by atoms with van der Waals surface area (Å²) in [6, 6.07) is 8.80. The molecule has 0 aromatic heterocycles. The van der Waals surface area contributed by atoms with Crippen LogP contribution in [0.15, 0.2) is 24.3 Å². The summed E-state index contributed by atoms with van der Waals surface area (Å²) in [6.45, 7) is 12.3. The van der Waals surface area contributed by atoms with Crippen LogP contribution in [0.3, 0.4) is 0 Å². The van der Waals surface area contributed by atoms with Crippen LogP contribution in [0.2, 0.25) is 0 Å². The van der Waals surface area contributed by atoms with Gasteiger partial charge in [0.25, 0.3) is 0 Å². The van der Waals surface area contributed by atoms with E-state index in [9.17, 15) is 0 Å². The van der Waals surface area contributed by atoms with Crippen LogP contribution in [0.5, 0.6) is 0 Å². The van der Waals surface area contributed by atoms with E-state index in [1.165, 1.54) is 30.8 Å². The van der Waals surface area contributed by atoms with Gasteiger partial charge in [0, 0.05) is 30.9 Å². The molecule has 1 aromatic carbocycles. The van der Waals surface area contributed by atoms with Gasteiger partial charge in [-0.1, -0.05) is 25.1 Å². The number of nitrogens with zero attached hydrogens (tertiary/aromatic N) is 1. The Hall–Kier alpha value is -1.02. The first-order valence-corrected chi connectivity index (χ1v) is 7.03. The number of para-hydroxylation sites is 1. The predicted molar refractivity (Wildman–Crippen MR) is 79.0 cm³/mol. The first-order valence-electron chi connectivity index (χ1n) is 7.03. The highest BCUT2D eigenvalue weighted by Crippen LogP contribution is 2.27. The zero-order valence-electron chi connectivity index (χ0n) is 12.2. The lowest BCUT2D eigenvalue weighted by molar-refractivity contribution is 0.424. The van der Waals surface area contributed by atoms with E-state index in [-0.39, 0.29) is 5.54 Å². The maximum atomic E-state index is 3.59. The maximum Gasteiger partial charge on any atom is 0.0411 e. The first-order chi connectivity index (χ1) is 8.46. The first kappa shape index (κ1) is 13.4. The molecule has 1 fully saturated rings. The summed E-state index contributed by atoms with van der Waals surface area (Å²) in [6.07, 6.45) is 1.32. The van der Waals surface area contributed by atoms with E-state index < -0.39 is 0 Å². The summed E-state index contributed by atoms with van der Waals surface area (Å²) in [4.78, 5) is 2.53. The molecule has 1 aliphatic rings. The normalized spacial score (nSPS) is 20.4. The molecule has 1 aliphatic heterocycles. The van der Waals surface area contributed by atoms with Crippen LogP contribution < -0.4 is 10.2 Å². The number of nitrogens with one attached hydrogen (secondary N) is 1. The fraction of sp³-hybridized carbons (Fsp3) is 0.625. The molecule has 1 atom stereocenters. The maximum absolute atomic E-state index is 3.59. The summed E-state index contributed by atoms with van der Waals surface area (Å²) in [7, 11) is 0. The molecule has 1 saturated heterocycles. The molecule has 1 unspecified atom stereocenters. The highest BCUT2D eigenvalue weighted by molar-refractivity contribution is 5.54. The van der Waals surface area contributed by atoms with Gasteiger partial charge in [0.05, 0.1) is 0 Å². The van der Waals surface area contributed by atoms with Gasteiger partial charge < -0.3 is 10.2 Å². The van der Waals surface area contributed by atoms with Crippen molar-refractivity contribution in [1.29, 1.82) is 0 Å². The second-order valence-electron chi connectivity index (χ2n) is 6.57. The molecule has 0 spiro atoms. The summed E-state index contributed by atoms with van der Waals surface area (Å²) >= 11 is 0. The molecule has 2 rings (SSSR count). The van der Waals surface area contributed by atoms with Gasteiger partial charge in [-0.3, -0.25) is 0 Å². The van der Waals surface area contributed by atoms with Crippen molar-refractivity contribution in [3.63, 3.8) is 0 Å². The van der Waals surface area contributed by atoms with Gasteiger partial charge in [0.15, 0.2) is 0 Å².